The normalized spacial score (nSPS) is 9.91. The van der Waals surface area contributed by atoms with Gasteiger partial charge in [0.15, 0.2) is 0 Å². The Morgan fingerprint density at radius 3 is 2.45 bits per heavy atom. The maximum Gasteiger partial charge on any atom is 0.417 e. The van der Waals surface area contributed by atoms with Crippen LogP contribution in [0.4, 0.5) is 21.0 Å². The molecule has 0 aromatic heterocycles. The summed E-state index contributed by atoms with van der Waals surface area (Å²) in [5.41, 5.74) is 2.12. The maximum absolute atomic E-state index is 11.8. The van der Waals surface area contributed by atoms with Crippen molar-refractivity contribution >= 4 is 23.6 Å². The van der Waals surface area contributed by atoms with E-state index >= 15 is 0 Å². The standard InChI is InChI=1S/C16H16N2O4/c1-11-6-8-12(9-7-11)17-15(19)22-14-5-3-4-13(10-14)18(2)16(20)21/h3-10H,1-2H3,(H,17,19)(H,20,21). The number of nitrogens with one attached hydrogen (secondary N) is 1. The number of ether oxygens (including phenoxy) is 1. The predicted octanol–water partition coefficient (Wildman–Crippen LogP) is 3.72. The summed E-state index contributed by atoms with van der Waals surface area (Å²) in [7, 11) is 1.41. The number of carbonyl (C=O) groups excluding carboxylic acids is 1. The van der Waals surface area contributed by atoms with Gasteiger partial charge in [0.05, 0.1) is 5.69 Å². The minimum absolute atomic E-state index is 0.259. The second kappa shape index (κ2) is 6.62. The molecule has 2 amide bonds. The molecule has 0 radical (unpaired) electrons. The summed E-state index contributed by atoms with van der Waals surface area (Å²) < 4.78 is 5.15. The van der Waals surface area contributed by atoms with Crippen molar-refractivity contribution in [3.05, 3.63) is 54.1 Å². The third-order valence-electron chi connectivity index (χ3n) is 3.00. The highest BCUT2D eigenvalue weighted by molar-refractivity contribution is 5.87. The quantitative estimate of drug-likeness (QED) is 0.905. The molecular formula is C16H16N2O4. The van der Waals surface area contributed by atoms with Crippen molar-refractivity contribution in [3.63, 3.8) is 0 Å². The van der Waals surface area contributed by atoms with E-state index in [4.69, 9.17) is 9.84 Å². The summed E-state index contributed by atoms with van der Waals surface area (Å²) in [6, 6.07) is 13.6. The first-order valence-electron chi connectivity index (χ1n) is 6.58. The summed E-state index contributed by atoms with van der Waals surface area (Å²) in [6.45, 7) is 1.95. The van der Waals surface area contributed by atoms with E-state index < -0.39 is 12.2 Å². The Balaban J connectivity index is 2.04. The molecule has 0 aliphatic carbocycles. The average Bonchev–Trinajstić information content (AvgIpc) is 2.49. The van der Waals surface area contributed by atoms with Crippen molar-refractivity contribution in [3.8, 4) is 5.75 Å². The summed E-state index contributed by atoms with van der Waals surface area (Å²) in [5.74, 6) is 0.259. The number of aryl methyl sites for hydroxylation is 1. The van der Waals surface area contributed by atoms with Crippen molar-refractivity contribution in [2.45, 2.75) is 6.92 Å². The van der Waals surface area contributed by atoms with Gasteiger partial charge < -0.3 is 9.84 Å². The molecular weight excluding hydrogens is 284 g/mol. The number of carbonyl (C=O) groups is 2. The fourth-order valence-corrected chi connectivity index (χ4v) is 1.75. The number of benzene rings is 2. The topological polar surface area (TPSA) is 78.9 Å². The lowest BCUT2D eigenvalue weighted by atomic mass is 10.2. The smallest absolute Gasteiger partial charge is 0.417 e. The van der Waals surface area contributed by atoms with E-state index in [1.807, 2.05) is 19.1 Å². The molecule has 0 spiro atoms. The van der Waals surface area contributed by atoms with Crippen molar-refractivity contribution < 1.29 is 19.4 Å². The molecule has 6 nitrogen and oxygen atoms in total. The number of anilines is 2. The van der Waals surface area contributed by atoms with Gasteiger partial charge in [0, 0.05) is 18.8 Å². The highest BCUT2D eigenvalue weighted by Crippen LogP contribution is 2.21. The predicted molar refractivity (Wildman–Crippen MR) is 83.7 cm³/mol. The molecule has 0 fully saturated rings. The molecule has 2 aromatic rings. The number of amides is 2. The molecule has 2 aromatic carbocycles. The Hall–Kier alpha value is -3.02. The number of hydrogen-bond donors (Lipinski definition) is 2. The molecule has 22 heavy (non-hydrogen) atoms. The summed E-state index contributed by atoms with van der Waals surface area (Å²) in [4.78, 5) is 23.8. The molecule has 0 heterocycles. The van der Waals surface area contributed by atoms with Crippen molar-refractivity contribution in [1.29, 1.82) is 0 Å². The van der Waals surface area contributed by atoms with Crippen molar-refractivity contribution in [1.82, 2.24) is 0 Å². The van der Waals surface area contributed by atoms with Gasteiger partial charge in [0.2, 0.25) is 0 Å². The van der Waals surface area contributed by atoms with Gasteiger partial charge in [-0.15, -0.1) is 0 Å². The van der Waals surface area contributed by atoms with Gasteiger partial charge in [-0.2, -0.15) is 0 Å². The van der Waals surface area contributed by atoms with Crippen LogP contribution >= 0.6 is 0 Å². The molecule has 0 atom stereocenters. The zero-order chi connectivity index (χ0) is 16.1. The summed E-state index contributed by atoms with van der Waals surface area (Å²) >= 11 is 0. The van der Waals surface area contributed by atoms with Gasteiger partial charge in [-0.25, -0.2) is 9.59 Å². The van der Waals surface area contributed by atoms with Crippen LogP contribution in [0.15, 0.2) is 48.5 Å². The zero-order valence-electron chi connectivity index (χ0n) is 12.2. The van der Waals surface area contributed by atoms with Gasteiger partial charge in [-0.1, -0.05) is 23.8 Å². The van der Waals surface area contributed by atoms with E-state index in [1.54, 1.807) is 30.3 Å². The molecule has 0 saturated heterocycles. The van der Waals surface area contributed by atoms with Crippen LogP contribution in [0.3, 0.4) is 0 Å². The van der Waals surface area contributed by atoms with Crippen LogP contribution in [0.1, 0.15) is 5.56 Å². The summed E-state index contributed by atoms with van der Waals surface area (Å²) in [6.07, 6.45) is -1.74. The van der Waals surface area contributed by atoms with E-state index in [9.17, 15) is 9.59 Å². The number of hydrogen-bond acceptors (Lipinski definition) is 3. The lowest BCUT2D eigenvalue weighted by Crippen LogP contribution is -2.23. The molecule has 6 heteroatoms. The number of nitrogens with zero attached hydrogens (tertiary/aromatic N) is 1. The molecule has 2 N–H and O–H groups in total. The first kappa shape index (κ1) is 15.4. The van der Waals surface area contributed by atoms with E-state index in [1.165, 1.54) is 13.1 Å². The Morgan fingerprint density at radius 1 is 1.14 bits per heavy atom. The second-order valence-electron chi connectivity index (χ2n) is 4.72. The van der Waals surface area contributed by atoms with Crippen molar-refractivity contribution in [2.24, 2.45) is 0 Å². The van der Waals surface area contributed by atoms with E-state index in [-0.39, 0.29) is 5.75 Å². The van der Waals surface area contributed by atoms with Crippen LogP contribution in [0.2, 0.25) is 0 Å². The number of rotatable bonds is 3. The molecule has 114 valence electrons. The average molecular weight is 300 g/mol. The molecule has 0 bridgehead atoms. The summed E-state index contributed by atoms with van der Waals surface area (Å²) in [5, 5.41) is 11.5. The van der Waals surface area contributed by atoms with E-state index in [0.717, 1.165) is 10.5 Å². The van der Waals surface area contributed by atoms with Gasteiger partial charge in [-0.3, -0.25) is 10.2 Å². The lowest BCUT2D eigenvalue weighted by Gasteiger charge is -2.14. The molecule has 0 unspecified atom stereocenters. The van der Waals surface area contributed by atoms with Gasteiger partial charge >= 0.3 is 12.2 Å². The Morgan fingerprint density at radius 2 is 1.82 bits per heavy atom. The zero-order valence-corrected chi connectivity index (χ0v) is 12.2. The molecule has 0 aliphatic rings. The third-order valence-corrected chi connectivity index (χ3v) is 3.00. The van der Waals surface area contributed by atoms with Crippen LogP contribution < -0.4 is 15.0 Å². The van der Waals surface area contributed by atoms with E-state index in [0.29, 0.717) is 11.4 Å². The Labute approximate surface area is 127 Å². The maximum atomic E-state index is 11.8. The first-order valence-corrected chi connectivity index (χ1v) is 6.58. The molecule has 0 aliphatic heterocycles. The monoisotopic (exact) mass is 300 g/mol. The van der Waals surface area contributed by atoms with Crippen LogP contribution in [0, 0.1) is 6.92 Å². The van der Waals surface area contributed by atoms with Crippen LogP contribution in [-0.4, -0.2) is 24.3 Å². The largest absolute Gasteiger partial charge is 0.465 e. The van der Waals surface area contributed by atoms with Crippen LogP contribution in [0.5, 0.6) is 5.75 Å². The van der Waals surface area contributed by atoms with E-state index in [2.05, 4.69) is 5.32 Å². The van der Waals surface area contributed by atoms with Gasteiger partial charge in [0.1, 0.15) is 5.75 Å². The van der Waals surface area contributed by atoms with Crippen LogP contribution in [0.25, 0.3) is 0 Å². The Kier molecular flexibility index (Phi) is 4.63. The highest BCUT2D eigenvalue weighted by Gasteiger charge is 2.11. The van der Waals surface area contributed by atoms with Gasteiger partial charge in [0.25, 0.3) is 0 Å². The Bertz CT molecular complexity index is 683. The van der Waals surface area contributed by atoms with Crippen LogP contribution in [-0.2, 0) is 0 Å². The number of carboxylic acid groups (broad SMARTS) is 1. The molecule has 0 saturated carbocycles. The fourth-order valence-electron chi connectivity index (χ4n) is 1.75. The third kappa shape index (κ3) is 3.99. The second-order valence-corrected chi connectivity index (χ2v) is 4.72. The minimum Gasteiger partial charge on any atom is -0.465 e. The molecule has 2 rings (SSSR count). The SMILES string of the molecule is Cc1ccc(NC(=O)Oc2cccc(N(C)C(=O)O)c2)cc1. The minimum atomic E-state index is -1.10. The highest BCUT2D eigenvalue weighted by atomic mass is 16.6. The first-order chi connectivity index (χ1) is 10.5. The fraction of sp³-hybridized carbons (Fsp3) is 0.125. The van der Waals surface area contributed by atoms with Gasteiger partial charge in [-0.05, 0) is 31.2 Å². The lowest BCUT2D eigenvalue weighted by molar-refractivity contribution is 0.203. The van der Waals surface area contributed by atoms with Crippen molar-refractivity contribution in [2.75, 3.05) is 17.3 Å².